The van der Waals surface area contributed by atoms with Crippen LogP contribution in [-0.4, -0.2) is 17.3 Å². The number of methoxy groups -OCH3 is 1. The second-order valence-corrected chi connectivity index (χ2v) is 4.07. The number of aromatic nitrogens is 2. The van der Waals surface area contributed by atoms with Crippen molar-refractivity contribution in [2.45, 2.75) is 11.8 Å². The predicted octanol–water partition coefficient (Wildman–Crippen LogP) is 2.00. The summed E-state index contributed by atoms with van der Waals surface area (Å²) in [5.41, 5.74) is 0. The maximum atomic E-state index is 4.87. The summed E-state index contributed by atoms with van der Waals surface area (Å²) < 4.78 is 4.87. The van der Waals surface area contributed by atoms with Gasteiger partial charge in [0.15, 0.2) is 0 Å². The van der Waals surface area contributed by atoms with E-state index in [-0.39, 0.29) is 4.83 Å². The van der Waals surface area contributed by atoms with Gasteiger partial charge in [-0.25, -0.2) is 0 Å². The van der Waals surface area contributed by atoms with Crippen LogP contribution in [0.15, 0.2) is 0 Å². The van der Waals surface area contributed by atoms with E-state index in [0.717, 1.165) is 5.01 Å². The fraction of sp³-hybridized carbons (Fsp3) is 0.600. The third-order valence-corrected chi connectivity index (χ3v) is 2.74. The van der Waals surface area contributed by atoms with E-state index in [9.17, 15) is 0 Å². The van der Waals surface area contributed by atoms with Crippen molar-refractivity contribution in [1.82, 2.24) is 10.2 Å². The molecule has 1 aromatic rings. The third kappa shape index (κ3) is 1.67. The van der Waals surface area contributed by atoms with E-state index >= 15 is 0 Å². The SMILES string of the molecule is COc1nnc(C(C)Br)s1. The zero-order chi connectivity index (χ0) is 7.56. The Kier molecular flexibility index (Phi) is 2.62. The Balaban J connectivity index is 2.78. The number of hydrogen-bond acceptors (Lipinski definition) is 4. The molecule has 0 bridgehead atoms. The Hall–Kier alpha value is -0.160. The van der Waals surface area contributed by atoms with Crippen molar-refractivity contribution in [1.29, 1.82) is 0 Å². The third-order valence-electron chi connectivity index (χ3n) is 0.937. The van der Waals surface area contributed by atoms with E-state index in [1.54, 1.807) is 7.11 Å². The number of hydrogen-bond donors (Lipinski definition) is 0. The van der Waals surface area contributed by atoms with Gasteiger partial charge in [-0.3, -0.25) is 0 Å². The second-order valence-electron chi connectivity index (χ2n) is 1.73. The lowest BCUT2D eigenvalue weighted by Crippen LogP contribution is -1.81. The first kappa shape index (κ1) is 7.94. The number of nitrogens with zero attached hydrogens (tertiary/aromatic N) is 2. The van der Waals surface area contributed by atoms with Gasteiger partial charge < -0.3 is 4.74 Å². The molecule has 1 rings (SSSR count). The highest BCUT2D eigenvalue weighted by Crippen LogP contribution is 2.27. The number of halogens is 1. The van der Waals surface area contributed by atoms with Crippen LogP contribution in [0, 0.1) is 0 Å². The largest absolute Gasteiger partial charge is 0.472 e. The molecule has 1 aromatic heterocycles. The molecule has 0 fully saturated rings. The van der Waals surface area contributed by atoms with Gasteiger partial charge in [-0.2, -0.15) is 0 Å². The zero-order valence-corrected chi connectivity index (χ0v) is 8.07. The number of ether oxygens (including phenoxy) is 1. The molecule has 1 heterocycles. The Bertz CT molecular complexity index is 213. The summed E-state index contributed by atoms with van der Waals surface area (Å²) in [4.78, 5) is 0.258. The maximum Gasteiger partial charge on any atom is 0.293 e. The maximum absolute atomic E-state index is 4.87. The van der Waals surface area contributed by atoms with Gasteiger partial charge in [0.2, 0.25) is 0 Å². The molecular formula is C5H7BrN2OS. The molecule has 0 saturated heterocycles. The topological polar surface area (TPSA) is 35.0 Å². The van der Waals surface area contributed by atoms with Gasteiger partial charge in [-0.1, -0.05) is 27.3 Å². The van der Waals surface area contributed by atoms with Crippen LogP contribution in [0.25, 0.3) is 0 Å². The van der Waals surface area contributed by atoms with Crippen LogP contribution in [0.2, 0.25) is 0 Å². The van der Waals surface area contributed by atoms with Crippen molar-refractivity contribution in [2.75, 3.05) is 7.11 Å². The van der Waals surface area contributed by atoms with Gasteiger partial charge in [0, 0.05) is 0 Å². The van der Waals surface area contributed by atoms with E-state index in [4.69, 9.17) is 4.74 Å². The lowest BCUT2D eigenvalue weighted by molar-refractivity contribution is 0.407. The fourth-order valence-corrected chi connectivity index (χ4v) is 1.42. The molecule has 0 spiro atoms. The minimum atomic E-state index is 0.258. The molecule has 0 N–H and O–H groups in total. The van der Waals surface area contributed by atoms with Crippen molar-refractivity contribution in [3.63, 3.8) is 0 Å². The number of rotatable bonds is 2. The summed E-state index contributed by atoms with van der Waals surface area (Å²) in [6.07, 6.45) is 0. The van der Waals surface area contributed by atoms with Crippen molar-refractivity contribution in [3.8, 4) is 5.19 Å². The Morgan fingerprint density at radius 2 is 2.30 bits per heavy atom. The van der Waals surface area contributed by atoms with Gasteiger partial charge in [-0.05, 0) is 6.92 Å². The van der Waals surface area contributed by atoms with Crippen molar-refractivity contribution in [3.05, 3.63) is 5.01 Å². The lowest BCUT2D eigenvalue weighted by atomic mass is 10.5. The smallest absolute Gasteiger partial charge is 0.293 e. The summed E-state index contributed by atoms with van der Waals surface area (Å²) in [5, 5.41) is 9.21. The van der Waals surface area contributed by atoms with E-state index in [2.05, 4.69) is 26.1 Å². The molecular weight excluding hydrogens is 216 g/mol. The average molecular weight is 223 g/mol. The van der Waals surface area contributed by atoms with Crippen LogP contribution < -0.4 is 4.74 Å². The summed E-state index contributed by atoms with van der Waals surface area (Å²) >= 11 is 4.83. The van der Waals surface area contributed by atoms with E-state index < -0.39 is 0 Å². The highest BCUT2D eigenvalue weighted by molar-refractivity contribution is 9.09. The monoisotopic (exact) mass is 222 g/mol. The predicted molar refractivity (Wildman–Crippen MR) is 43.8 cm³/mol. The first-order valence-electron chi connectivity index (χ1n) is 2.75. The lowest BCUT2D eigenvalue weighted by Gasteiger charge is -1.90. The molecule has 10 heavy (non-hydrogen) atoms. The van der Waals surface area contributed by atoms with Crippen LogP contribution in [0.5, 0.6) is 5.19 Å². The molecule has 0 amide bonds. The average Bonchev–Trinajstić information content (AvgIpc) is 2.34. The van der Waals surface area contributed by atoms with Gasteiger partial charge in [0.1, 0.15) is 5.01 Å². The standard InChI is InChI=1S/C5H7BrN2OS/c1-3(6)4-7-8-5(9-2)10-4/h3H,1-2H3. The highest BCUT2D eigenvalue weighted by atomic mass is 79.9. The summed E-state index contributed by atoms with van der Waals surface area (Å²) in [6, 6.07) is 0. The Morgan fingerprint density at radius 1 is 1.60 bits per heavy atom. The Morgan fingerprint density at radius 3 is 2.60 bits per heavy atom. The molecule has 1 atom stereocenters. The summed E-state index contributed by atoms with van der Waals surface area (Å²) in [7, 11) is 1.59. The molecule has 0 saturated carbocycles. The fourth-order valence-electron chi connectivity index (χ4n) is 0.464. The van der Waals surface area contributed by atoms with Gasteiger partial charge in [0.05, 0.1) is 11.9 Å². The first-order chi connectivity index (χ1) is 4.74. The van der Waals surface area contributed by atoms with Crippen LogP contribution in [0.4, 0.5) is 0 Å². The van der Waals surface area contributed by atoms with E-state index in [0.29, 0.717) is 5.19 Å². The highest BCUT2D eigenvalue weighted by Gasteiger charge is 2.07. The summed E-state index contributed by atoms with van der Waals surface area (Å²) in [5.74, 6) is 0. The van der Waals surface area contributed by atoms with Crippen LogP contribution in [-0.2, 0) is 0 Å². The van der Waals surface area contributed by atoms with Gasteiger partial charge in [-0.15, -0.1) is 10.2 Å². The van der Waals surface area contributed by atoms with E-state index in [1.165, 1.54) is 11.3 Å². The molecule has 1 unspecified atom stereocenters. The molecule has 0 aromatic carbocycles. The normalized spacial score (nSPS) is 13.1. The number of alkyl halides is 1. The quantitative estimate of drug-likeness (QED) is 0.719. The van der Waals surface area contributed by atoms with Crippen LogP contribution in [0.1, 0.15) is 16.8 Å². The molecule has 56 valence electrons. The molecule has 0 aliphatic rings. The minimum absolute atomic E-state index is 0.258. The molecule has 0 aliphatic carbocycles. The Labute approximate surface area is 71.6 Å². The van der Waals surface area contributed by atoms with Crippen molar-refractivity contribution < 1.29 is 4.74 Å². The van der Waals surface area contributed by atoms with Gasteiger partial charge in [0.25, 0.3) is 5.19 Å². The van der Waals surface area contributed by atoms with Crippen molar-refractivity contribution >= 4 is 27.3 Å². The van der Waals surface area contributed by atoms with Gasteiger partial charge >= 0.3 is 0 Å². The molecule has 3 nitrogen and oxygen atoms in total. The minimum Gasteiger partial charge on any atom is -0.472 e. The first-order valence-corrected chi connectivity index (χ1v) is 4.48. The summed E-state index contributed by atoms with van der Waals surface area (Å²) in [6.45, 7) is 2.00. The van der Waals surface area contributed by atoms with Crippen LogP contribution in [0.3, 0.4) is 0 Å². The molecule has 0 radical (unpaired) electrons. The van der Waals surface area contributed by atoms with Crippen LogP contribution >= 0.6 is 27.3 Å². The molecule has 5 heteroatoms. The van der Waals surface area contributed by atoms with Crippen molar-refractivity contribution in [2.24, 2.45) is 0 Å². The van der Waals surface area contributed by atoms with E-state index in [1.807, 2.05) is 6.92 Å². The molecule has 0 aliphatic heterocycles. The zero-order valence-electron chi connectivity index (χ0n) is 5.67. The second kappa shape index (κ2) is 3.30.